The topological polar surface area (TPSA) is 123 Å². The zero-order valence-electron chi connectivity index (χ0n) is 15.6. The number of ether oxygens (including phenoxy) is 5. The second kappa shape index (κ2) is 8.34. The summed E-state index contributed by atoms with van der Waals surface area (Å²) in [6, 6.07) is 4.44. The van der Waals surface area contributed by atoms with E-state index in [-0.39, 0.29) is 12.5 Å². The Labute approximate surface area is 160 Å². The molecule has 150 valence electrons. The summed E-state index contributed by atoms with van der Waals surface area (Å²) >= 11 is 0. The quantitative estimate of drug-likeness (QED) is 0.517. The number of rotatable bonds is 5. The zero-order chi connectivity index (χ0) is 20.3. The highest BCUT2D eigenvalue weighted by Crippen LogP contribution is 2.33. The fourth-order valence-electron chi connectivity index (χ4n) is 3.01. The molecule has 0 aromatic carbocycles. The Balaban J connectivity index is 1.91. The summed E-state index contributed by atoms with van der Waals surface area (Å²) < 4.78 is 27.3. The van der Waals surface area contributed by atoms with E-state index in [0.717, 1.165) is 0 Å². The average molecular weight is 392 g/mol. The summed E-state index contributed by atoms with van der Waals surface area (Å²) in [5, 5.41) is 0. The molecule has 10 heteroatoms. The Hall–Kier alpha value is -3.01. The zero-order valence-corrected chi connectivity index (χ0v) is 15.6. The summed E-state index contributed by atoms with van der Waals surface area (Å²) in [6.07, 6.45) is -2.26. The number of pyridine rings is 1. The summed E-state index contributed by atoms with van der Waals surface area (Å²) in [5.41, 5.74) is 0.475. The van der Waals surface area contributed by atoms with E-state index in [4.69, 9.17) is 23.7 Å². The summed E-state index contributed by atoms with van der Waals surface area (Å²) in [6.45, 7) is 3.48. The number of esters is 3. The van der Waals surface area contributed by atoms with E-state index in [1.54, 1.807) is 24.4 Å². The maximum atomic E-state index is 11.7. The third kappa shape index (κ3) is 4.45. The molecular weight excluding hydrogens is 372 g/mol. The molecule has 0 amide bonds. The lowest BCUT2D eigenvalue weighted by Gasteiger charge is -2.40. The van der Waals surface area contributed by atoms with Crippen molar-refractivity contribution >= 4 is 23.8 Å². The van der Waals surface area contributed by atoms with E-state index in [1.807, 2.05) is 0 Å². The SMILES string of the molecule is CC(=O)OC[C@H]1O[C@@H]2OC(c3ccccn3)=N[C@@H]2[C@@H](OC(C)=O)[C@@H]1OC(C)=O. The molecule has 2 aliphatic rings. The molecular formula is C18H20N2O8. The number of aromatic nitrogens is 1. The molecule has 3 rings (SSSR count). The van der Waals surface area contributed by atoms with Gasteiger partial charge >= 0.3 is 17.9 Å². The minimum Gasteiger partial charge on any atom is -0.463 e. The van der Waals surface area contributed by atoms with Gasteiger partial charge in [0.2, 0.25) is 12.2 Å². The molecule has 5 atom stereocenters. The summed E-state index contributed by atoms with van der Waals surface area (Å²) in [5.74, 6) is -1.52. The Kier molecular flexibility index (Phi) is 5.88. The third-order valence-corrected chi connectivity index (χ3v) is 4.05. The van der Waals surface area contributed by atoms with Gasteiger partial charge in [0.25, 0.3) is 0 Å². The van der Waals surface area contributed by atoms with Gasteiger partial charge in [-0.15, -0.1) is 0 Å². The number of nitrogens with zero attached hydrogens (tertiary/aromatic N) is 2. The lowest BCUT2D eigenvalue weighted by molar-refractivity contribution is -0.249. The highest BCUT2D eigenvalue weighted by atomic mass is 16.7. The Bertz CT molecular complexity index is 781. The van der Waals surface area contributed by atoms with Crippen LogP contribution in [0.1, 0.15) is 26.5 Å². The monoisotopic (exact) mass is 392 g/mol. The van der Waals surface area contributed by atoms with Crippen molar-refractivity contribution in [1.29, 1.82) is 0 Å². The molecule has 0 N–H and O–H groups in total. The fourth-order valence-corrected chi connectivity index (χ4v) is 3.01. The van der Waals surface area contributed by atoms with Crippen LogP contribution in [0.2, 0.25) is 0 Å². The number of carbonyl (C=O) groups excluding carboxylic acids is 3. The average Bonchev–Trinajstić information content (AvgIpc) is 3.06. The Morgan fingerprint density at radius 1 is 1.04 bits per heavy atom. The van der Waals surface area contributed by atoms with Gasteiger partial charge in [0.05, 0.1) is 0 Å². The van der Waals surface area contributed by atoms with Crippen LogP contribution in [0.4, 0.5) is 0 Å². The maximum absolute atomic E-state index is 11.7. The molecule has 1 fully saturated rings. The Morgan fingerprint density at radius 3 is 2.36 bits per heavy atom. The third-order valence-electron chi connectivity index (χ3n) is 4.05. The lowest BCUT2D eigenvalue weighted by atomic mass is 9.97. The van der Waals surface area contributed by atoms with Gasteiger partial charge in [0.15, 0.2) is 18.2 Å². The van der Waals surface area contributed by atoms with Crippen LogP contribution >= 0.6 is 0 Å². The van der Waals surface area contributed by atoms with Gasteiger partial charge in [0.1, 0.15) is 18.4 Å². The maximum Gasteiger partial charge on any atom is 0.303 e. The van der Waals surface area contributed by atoms with Gasteiger partial charge in [-0.1, -0.05) is 6.07 Å². The van der Waals surface area contributed by atoms with Crippen LogP contribution in [-0.4, -0.2) is 66.0 Å². The van der Waals surface area contributed by atoms with Crippen LogP contribution in [0.25, 0.3) is 0 Å². The van der Waals surface area contributed by atoms with Crippen LogP contribution in [0, 0.1) is 0 Å². The number of fused-ring (bicyclic) bond motifs is 1. The number of hydrogen-bond donors (Lipinski definition) is 0. The van der Waals surface area contributed by atoms with Crippen LogP contribution in [0.5, 0.6) is 0 Å². The van der Waals surface area contributed by atoms with Crippen molar-refractivity contribution in [3.05, 3.63) is 30.1 Å². The molecule has 1 saturated heterocycles. The molecule has 1 aromatic heterocycles. The normalized spacial score (nSPS) is 28.4. The highest BCUT2D eigenvalue weighted by molar-refractivity contribution is 5.93. The lowest BCUT2D eigenvalue weighted by Crippen LogP contribution is -2.60. The van der Waals surface area contributed by atoms with E-state index >= 15 is 0 Å². The fraction of sp³-hybridized carbons (Fsp3) is 0.500. The number of carbonyl (C=O) groups is 3. The second-order valence-corrected chi connectivity index (χ2v) is 6.25. The van der Waals surface area contributed by atoms with Crippen molar-refractivity contribution < 1.29 is 38.1 Å². The molecule has 0 saturated carbocycles. The van der Waals surface area contributed by atoms with Crippen molar-refractivity contribution in [1.82, 2.24) is 4.98 Å². The number of hydrogen-bond acceptors (Lipinski definition) is 10. The van der Waals surface area contributed by atoms with E-state index in [1.165, 1.54) is 20.8 Å². The number of aliphatic imine (C=N–C) groups is 1. The molecule has 1 aromatic rings. The molecule has 28 heavy (non-hydrogen) atoms. The van der Waals surface area contributed by atoms with Gasteiger partial charge in [-0.05, 0) is 12.1 Å². The highest BCUT2D eigenvalue weighted by Gasteiger charge is 2.54. The van der Waals surface area contributed by atoms with Crippen LogP contribution in [-0.2, 0) is 38.1 Å². The molecule has 0 aliphatic carbocycles. The molecule has 0 bridgehead atoms. The summed E-state index contributed by atoms with van der Waals surface area (Å²) in [4.78, 5) is 43.1. The minimum absolute atomic E-state index is 0.211. The Morgan fingerprint density at radius 2 is 1.75 bits per heavy atom. The first-order valence-corrected chi connectivity index (χ1v) is 8.64. The first kappa shape index (κ1) is 19.7. The van der Waals surface area contributed by atoms with Gasteiger partial charge in [-0.25, -0.2) is 4.99 Å². The summed E-state index contributed by atoms with van der Waals surface area (Å²) in [7, 11) is 0. The molecule has 0 spiro atoms. The van der Waals surface area contributed by atoms with E-state index < -0.39 is 48.6 Å². The predicted octanol–water partition coefficient (Wildman–Crippen LogP) is 0.378. The standard InChI is InChI=1S/C18H20N2O8/c1-9(21)24-8-13-15(25-10(2)22)16(26-11(3)23)14-18(27-13)28-17(20-14)12-6-4-5-7-19-12/h4-7,13-16,18H,8H2,1-3H3/t13-,14-,15-,16-,18-/m1/s1. The predicted molar refractivity (Wildman–Crippen MR) is 92.0 cm³/mol. The van der Waals surface area contributed by atoms with Gasteiger partial charge in [-0.3, -0.25) is 19.4 Å². The van der Waals surface area contributed by atoms with Gasteiger partial charge in [-0.2, -0.15) is 0 Å². The first-order chi connectivity index (χ1) is 13.3. The largest absolute Gasteiger partial charge is 0.463 e. The van der Waals surface area contributed by atoms with Crippen molar-refractivity contribution in [2.24, 2.45) is 4.99 Å². The van der Waals surface area contributed by atoms with Crippen LogP contribution < -0.4 is 0 Å². The van der Waals surface area contributed by atoms with Crippen molar-refractivity contribution in [2.45, 2.75) is 51.4 Å². The van der Waals surface area contributed by atoms with E-state index in [9.17, 15) is 14.4 Å². The smallest absolute Gasteiger partial charge is 0.303 e. The van der Waals surface area contributed by atoms with Gasteiger partial charge in [0, 0.05) is 27.0 Å². The van der Waals surface area contributed by atoms with Crippen LogP contribution in [0.3, 0.4) is 0 Å². The molecule has 0 unspecified atom stereocenters. The van der Waals surface area contributed by atoms with E-state index in [0.29, 0.717) is 5.69 Å². The van der Waals surface area contributed by atoms with Crippen molar-refractivity contribution in [3.8, 4) is 0 Å². The van der Waals surface area contributed by atoms with Gasteiger partial charge < -0.3 is 23.7 Å². The minimum atomic E-state index is -1.03. The van der Waals surface area contributed by atoms with Crippen molar-refractivity contribution in [2.75, 3.05) is 6.61 Å². The molecule has 2 aliphatic heterocycles. The van der Waals surface area contributed by atoms with Crippen LogP contribution in [0.15, 0.2) is 29.4 Å². The molecule has 0 radical (unpaired) electrons. The van der Waals surface area contributed by atoms with Crippen molar-refractivity contribution in [3.63, 3.8) is 0 Å². The first-order valence-electron chi connectivity index (χ1n) is 8.64. The molecule has 10 nitrogen and oxygen atoms in total. The second-order valence-electron chi connectivity index (χ2n) is 6.25. The molecule has 3 heterocycles. The van der Waals surface area contributed by atoms with E-state index in [2.05, 4.69) is 9.98 Å².